The Kier molecular flexibility index (Phi) is 4.85. The number of nitrogens with one attached hydrogen (secondary N) is 1. The number of amides is 1. The van der Waals surface area contributed by atoms with Crippen LogP contribution in [-0.4, -0.2) is 28.2 Å². The second-order valence-electron chi connectivity index (χ2n) is 6.35. The Morgan fingerprint density at radius 2 is 1.62 bits per heavy atom. The molecule has 1 aliphatic heterocycles. The van der Waals surface area contributed by atoms with Gasteiger partial charge in [-0.15, -0.1) is 0 Å². The van der Waals surface area contributed by atoms with Crippen LogP contribution in [0.2, 0.25) is 0 Å². The van der Waals surface area contributed by atoms with Gasteiger partial charge in [0.05, 0.1) is 10.6 Å². The number of sulfonamides is 1. The third kappa shape index (κ3) is 3.74. The lowest BCUT2D eigenvalue weighted by Gasteiger charge is -2.19. The summed E-state index contributed by atoms with van der Waals surface area (Å²) in [4.78, 5) is 12.7. The van der Waals surface area contributed by atoms with Gasteiger partial charge in [0, 0.05) is 24.4 Å². The fourth-order valence-electron chi connectivity index (χ4n) is 2.89. The van der Waals surface area contributed by atoms with Crippen LogP contribution in [-0.2, 0) is 10.0 Å². The minimum Gasteiger partial charge on any atom is -0.454 e. The molecule has 29 heavy (non-hydrogen) atoms. The molecule has 3 aromatic carbocycles. The molecule has 0 radical (unpaired) electrons. The largest absolute Gasteiger partial charge is 0.454 e. The molecule has 0 atom stereocenters. The first-order valence-corrected chi connectivity index (χ1v) is 10.2. The summed E-state index contributed by atoms with van der Waals surface area (Å²) in [6, 6.07) is 19.7. The fraction of sp³-hybridized carbons (Fsp3) is 0.0952. The minimum absolute atomic E-state index is 0.160. The molecule has 0 aromatic heterocycles. The summed E-state index contributed by atoms with van der Waals surface area (Å²) in [6.45, 7) is 0.160. The van der Waals surface area contributed by atoms with Crippen LogP contribution >= 0.6 is 0 Å². The van der Waals surface area contributed by atoms with E-state index in [1.54, 1.807) is 72.8 Å². The van der Waals surface area contributed by atoms with Gasteiger partial charge in [0.15, 0.2) is 11.5 Å². The summed E-state index contributed by atoms with van der Waals surface area (Å²) < 4.78 is 37.2. The molecule has 148 valence electrons. The zero-order valence-corrected chi connectivity index (χ0v) is 16.3. The van der Waals surface area contributed by atoms with Crippen molar-refractivity contribution in [1.82, 2.24) is 0 Å². The van der Waals surface area contributed by atoms with E-state index < -0.39 is 10.0 Å². The highest BCUT2D eigenvalue weighted by Gasteiger charge is 2.21. The summed E-state index contributed by atoms with van der Waals surface area (Å²) in [5, 5.41) is 2.79. The molecule has 8 heteroatoms. The van der Waals surface area contributed by atoms with Gasteiger partial charge in [0.2, 0.25) is 6.79 Å². The van der Waals surface area contributed by atoms with Crippen molar-refractivity contribution in [3.63, 3.8) is 0 Å². The third-order valence-corrected chi connectivity index (χ3v) is 6.32. The number of fused-ring (bicyclic) bond motifs is 1. The van der Waals surface area contributed by atoms with Crippen LogP contribution in [0.25, 0.3) is 0 Å². The molecule has 3 aromatic rings. The van der Waals surface area contributed by atoms with Gasteiger partial charge in [-0.3, -0.25) is 9.10 Å². The van der Waals surface area contributed by atoms with Crippen molar-refractivity contribution in [2.75, 3.05) is 23.5 Å². The highest BCUT2D eigenvalue weighted by atomic mass is 32.2. The van der Waals surface area contributed by atoms with E-state index in [1.165, 1.54) is 11.4 Å². The topological polar surface area (TPSA) is 84.9 Å². The number of carbonyl (C=O) groups excluding carboxylic acids is 1. The van der Waals surface area contributed by atoms with E-state index in [1.807, 2.05) is 0 Å². The molecule has 0 aliphatic carbocycles. The van der Waals surface area contributed by atoms with Gasteiger partial charge in [-0.2, -0.15) is 0 Å². The third-order valence-electron chi connectivity index (χ3n) is 4.53. The smallest absolute Gasteiger partial charge is 0.264 e. The number of ether oxygens (including phenoxy) is 2. The van der Waals surface area contributed by atoms with E-state index in [9.17, 15) is 13.2 Å². The number of rotatable bonds is 5. The van der Waals surface area contributed by atoms with Gasteiger partial charge in [-0.05, 0) is 48.5 Å². The monoisotopic (exact) mass is 410 g/mol. The lowest BCUT2D eigenvalue weighted by atomic mass is 10.2. The zero-order valence-electron chi connectivity index (χ0n) is 15.5. The quantitative estimate of drug-likeness (QED) is 0.696. The molecule has 0 spiro atoms. The number of hydrogen-bond donors (Lipinski definition) is 1. The molecule has 0 unspecified atom stereocenters. The molecule has 1 N–H and O–H groups in total. The Labute approximate surface area is 168 Å². The van der Waals surface area contributed by atoms with Crippen LogP contribution in [0.5, 0.6) is 11.5 Å². The van der Waals surface area contributed by atoms with Crippen molar-refractivity contribution >= 4 is 27.3 Å². The Morgan fingerprint density at radius 3 is 2.34 bits per heavy atom. The van der Waals surface area contributed by atoms with Crippen LogP contribution in [0, 0.1) is 0 Å². The lowest BCUT2D eigenvalue weighted by Crippen LogP contribution is -2.26. The summed E-state index contributed by atoms with van der Waals surface area (Å²) in [5.74, 6) is 0.893. The standard InChI is InChI=1S/C21H18N2O5S/c1-23(29(25,26)18-5-3-2-4-6-18)17-10-7-15(8-11-17)21(24)22-16-9-12-19-20(13-16)28-14-27-19/h2-13H,14H2,1H3,(H,22,24). The molecule has 1 amide bonds. The molecular formula is C21H18N2O5S. The lowest BCUT2D eigenvalue weighted by molar-refractivity contribution is 0.102. The maximum absolute atomic E-state index is 12.7. The van der Waals surface area contributed by atoms with E-state index >= 15 is 0 Å². The summed E-state index contributed by atoms with van der Waals surface area (Å²) in [5.41, 5.74) is 1.43. The molecule has 0 saturated carbocycles. The maximum atomic E-state index is 12.7. The highest BCUT2D eigenvalue weighted by molar-refractivity contribution is 7.92. The van der Waals surface area contributed by atoms with E-state index in [4.69, 9.17) is 9.47 Å². The number of nitrogens with zero attached hydrogens (tertiary/aromatic N) is 1. The molecule has 4 rings (SSSR count). The van der Waals surface area contributed by atoms with Crippen LogP contribution < -0.4 is 19.1 Å². The van der Waals surface area contributed by atoms with Crippen LogP contribution in [0.1, 0.15) is 10.4 Å². The van der Waals surface area contributed by atoms with Gasteiger partial charge >= 0.3 is 0 Å². The second-order valence-corrected chi connectivity index (χ2v) is 8.32. The average molecular weight is 410 g/mol. The molecule has 7 nitrogen and oxygen atoms in total. The zero-order chi connectivity index (χ0) is 20.4. The van der Waals surface area contributed by atoms with Crippen molar-refractivity contribution in [1.29, 1.82) is 0 Å². The number of carbonyl (C=O) groups is 1. The average Bonchev–Trinajstić information content (AvgIpc) is 3.22. The minimum atomic E-state index is -3.67. The molecule has 1 heterocycles. The van der Waals surface area contributed by atoms with Gasteiger partial charge in [-0.1, -0.05) is 18.2 Å². The number of anilines is 2. The normalized spacial score (nSPS) is 12.4. The van der Waals surface area contributed by atoms with Crippen LogP contribution in [0.4, 0.5) is 11.4 Å². The van der Waals surface area contributed by atoms with Crippen molar-refractivity contribution in [2.45, 2.75) is 4.90 Å². The Balaban J connectivity index is 1.49. The first-order chi connectivity index (χ1) is 13.9. The second kappa shape index (κ2) is 7.48. The SMILES string of the molecule is CN(c1ccc(C(=O)Nc2ccc3c(c2)OCO3)cc1)S(=O)(=O)c1ccccc1. The highest BCUT2D eigenvalue weighted by Crippen LogP contribution is 2.34. The number of hydrogen-bond acceptors (Lipinski definition) is 5. The van der Waals surface area contributed by atoms with E-state index in [-0.39, 0.29) is 17.6 Å². The Morgan fingerprint density at radius 1 is 0.931 bits per heavy atom. The summed E-state index contributed by atoms with van der Waals surface area (Å²) in [6.07, 6.45) is 0. The molecule has 1 aliphatic rings. The molecule has 0 bridgehead atoms. The van der Waals surface area contributed by atoms with Crippen molar-refractivity contribution < 1.29 is 22.7 Å². The summed E-state index contributed by atoms with van der Waals surface area (Å²) >= 11 is 0. The van der Waals surface area contributed by atoms with E-state index in [0.29, 0.717) is 28.4 Å². The van der Waals surface area contributed by atoms with Gasteiger partial charge in [0.25, 0.3) is 15.9 Å². The molecule has 0 saturated heterocycles. The first kappa shape index (κ1) is 18.8. The Bertz CT molecular complexity index is 1150. The molecular weight excluding hydrogens is 392 g/mol. The fourth-order valence-corrected chi connectivity index (χ4v) is 4.11. The van der Waals surface area contributed by atoms with E-state index in [2.05, 4.69) is 5.32 Å². The van der Waals surface area contributed by atoms with Crippen molar-refractivity contribution in [3.8, 4) is 11.5 Å². The maximum Gasteiger partial charge on any atom is 0.264 e. The van der Waals surface area contributed by atoms with Gasteiger partial charge < -0.3 is 14.8 Å². The Hall–Kier alpha value is -3.52. The summed E-state index contributed by atoms with van der Waals surface area (Å²) in [7, 11) is -2.20. The predicted octanol–water partition coefficient (Wildman–Crippen LogP) is 3.49. The van der Waals surface area contributed by atoms with Crippen molar-refractivity contribution in [3.05, 3.63) is 78.4 Å². The first-order valence-electron chi connectivity index (χ1n) is 8.80. The van der Waals surface area contributed by atoms with Crippen LogP contribution in [0.3, 0.4) is 0 Å². The molecule has 0 fully saturated rings. The predicted molar refractivity (Wildman–Crippen MR) is 109 cm³/mol. The van der Waals surface area contributed by atoms with Gasteiger partial charge in [0.1, 0.15) is 0 Å². The van der Waals surface area contributed by atoms with Crippen LogP contribution in [0.15, 0.2) is 77.7 Å². The van der Waals surface area contributed by atoms with Gasteiger partial charge in [-0.25, -0.2) is 8.42 Å². The number of benzene rings is 3. The van der Waals surface area contributed by atoms with E-state index in [0.717, 1.165) is 0 Å². The van der Waals surface area contributed by atoms with Crippen molar-refractivity contribution in [2.24, 2.45) is 0 Å².